The number of carbonyl (C=O) groups excluding carboxylic acids is 2. The number of nitrogens with zero attached hydrogens (tertiary/aromatic N) is 1. The number of hydrogen-bond donors (Lipinski definition) is 1. The molecule has 0 aromatic heterocycles. The normalized spacial score (nSPS) is 14.6. The first-order valence-corrected chi connectivity index (χ1v) is 11.0. The van der Waals surface area contributed by atoms with Crippen molar-refractivity contribution in [3.8, 4) is 0 Å². The van der Waals surface area contributed by atoms with E-state index in [-0.39, 0.29) is 15.5 Å². The van der Waals surface area contributed by atoms with Gasteiger partial charge in [0.25, 0.3) is 5.91 Å². The molecule has 3 rings (SSSR count). The number of nitrogens with one attached hydrogen (secondary N) is 1. The second-order valence-corrected chi connectivity index (χ2v) is 9.14. The van der Waals surface area contributed by atoms with Crippen LogP contribution in [-0.4, -0.2) is 44.3 Å². The minimum atomic E-state index is -3.55. The van der Waals surface area contributed by atoms with E-state index < -0.39 is 28.5 Å². The first-order chi connectivity index (χ1) is 13.8. The molecule has 0 unspecified atom stereocenters. The maximum Gasteiger partial charge on any atom is 0.338 e. The number of halogens is 2. The smallest absolute Gasteiger partial charge is 0.338 e. The van der Waals surface area contributed by atoms with E-state index in [1.807, 2.05) is 0 Å². The average Bonchev–Trinajstić information content (AvgIpc) is 3.25. The van der Waals surface area contributed by atoms with Crippen LogP contribution in [0.25, 0.3) is 0 Å². The van der Waals surface area contributed by atoms with Crippen molar-refractivity contribution in [1.82, 2.24) is 4.31 Å². The molecule has 2 aromatic carbocycles. The Bertz CT molecular complexity index is 1020. The summed E-state index contributed by atoms with van der Waals surface area (Å²) >= 11 is 11.7. The third-order valence-electron chi connectivity index (χ3n) is 4.33. The zero-order valence-electron chi connectivity index (χ0n) is 15.2. The van der Waals surface area contributed by atoms with Crippen LogP contribution in [0.2, 0.25) is 10.0 Å². The van der Waals surface area contributed by atoms with Crippen LogP contribution in [0.3, 0.4) is 0 Å². The molecule has 1 saturated heterocycles. The van der Waals surface area contributed by atoms with Crippen LogP contribution < -0.4 is 5.32 Å². The lowest BCUT2D eigenvalue weighted by Gasteiger charge is -2.15. The van der Waals surface area contributed by atoms with Gasteiger partial charge in [0.15, 0.2) is 6.61 Å². The van der Waals surface area contributed by atoms with Crippen molar-refractivity contribution in [2.24, 2.45) is 0 Å². The highest BCUT2D eigenvalue weighted by atomic mass is 35.5. The molecule has 1 amide bonds. The summed E-state index contributed by atoms with van der Waals surface area (Å²) in [5, 5.41) is 3.17. The molecule has 0 bridgehead atoms. The summed E-state index contributed by atoms with van der Waals surface area (Å²) in [5.74, 6) is -1.29. The molecule has 7 nitrogen and oxygen atoms in total. The van der Waals surface area contributed by atoms with Crippen molar-refractivity contribution < 1.29 is 22.7 Å². The van der Waals surface area contributed by atoms with E-state index in [2.05, 4.69) is 5.32 Å². The highest BCUT2D eigenvalue weighted by Gasteiger charge is 2.27. The van der Waals surface area contributed by atoms with Crippen LogP contribution in [0.1, 0.15) is 23.2 Å². The Kier molecular flexibility index (Phi) is 6.79. The van der Waals surface area contributed by atoms with Gasteiger partial charge in [-0.1, -0.05) is 23.2 Å². The first kappa shape index (κ1) is 21.6. The van der Waals surface area contributed by atoms with Gasteiger partial charge in [0.1, 0.15) is 0 Å². The van der Waals surface area contributed by atoms with Gasteiger partial charge >= 0.3 is 5.97 Å². The fourth-order valence-corrected chi connectivity index (χ4v) is 4.64. The molecule has 29 heavy (non-hydrogen) atoms. The van der Waals surface area contributed by atoms with E-state index in [1.54, 1.807) is 6.07 Å². The second-order valence-electron chi connectivity index (χ2n) is 6.39. The van der Waals surface area contributed by atoms with Gasteiger partial charge in [-0.3, -0.25) is 4.79 Å². The number of esters is 1. The van der Waals surface area contributed by atoms with Crippen molar-refractivity contribution in [1.29, 1.82) is 0 Å². The topological polar surface area (TPSA) is 92.8 Å². The van der Waals surface area contributed by atoms with Gasteiger partial charge < -0.3 is 10.1 Å². The van der Waals surface area contributed by atoms with E-state index in [0.29, 0.717) is 23.8 Å². The summed E-state index contributed by atoms with van der Waals surface area (Å²) < 4.78 is 31.4. The number of sulfonamides is 1. The zero-order valence-corrected chi connectivity index (χ0v) is 17.6. The van der Waals surface area contributed by atoms with Gasteiger partial charge in [-0.25, -0.2) is 13.2 Å². The molecule has 1 aliphatic rings. The Labute approximate surface area is 178 Å². The molecule has 0 atom stereocenters. The number of hydrogen-bond acceptors (Lipinski definition) is 5. The molecule has 2 aromatic rings. The predicted molar refractivity (Wildman–Crippen MR) is 110 cm³/mol. The summed E-state index contributed by atoms with van der Waals surface area (Å²) in [5.41, 5.74) is 0.560. The van der Waals surface area contributed by atoms with Crippen LogP contribution >= 0.6 is 23.2 Å². The van der Waals surface area contributed by atoms with Gasteiger partial charge in [0.05, 0.1) is 20.5 Å². The Morgan fingerprint density at radius 1 is 1.00 bits per heavy atom. The lowest BCUT2D eigenvalue weighted by molar-refractivity contribution is -0.119. The van der Waals surface area contributed by atoms with Crippen LogP contribution in [0.15, 0.2) is 47.4 Å². The molecule has 0 radical (unpaired) electrons. The molecule has 1 N–H and O–H groups in total. The summed E-state index contributed by atoms with van der Waals surface area (Å²) in [7, 11) is -3.55. The fourth-order valence-electron chi connectivity index (χ4n) is 2.83. The van der Waals surface area contributed by atoms with Gasteiger partial charge in [0.2, 0.25) is 10.0 Å². The van der Waals surface area contributed by atoms with Crippen LogP contribution in [0.5, 0.6) is 0 Å². The molecule has 1 aliphatic heterocycles. The molecule has 10 heteroatoms. The minimum Gasteiger partial charge on any atom is -0.452 e. The molecule has 1 heterocycles. The Balaban J connectivity index is 1.56. The maximum atomic E-state index is 12.5. The van der Waals surface area contributed by atoms with Crippen molar-refractivity contribution >= 4 is 50.8 Å². The van der Waals surface area contributed by atoms with Crippen LogP contribution in [0.4, 0.5) is 5.69 Å². The van der Waals surface area contributed by atoms with Crippen molar-refractivity contribution in [3.63, 3.8) is 0 Å². The van der Waals surface area contributed by atoms with Crippen molar-refractivity contribution in [2.75, 3.05) is 25.0 Å². The highest BCUT2D eigenvalue weighted by molar-refractivity contribution is 7.89. The first-order valence-electron chi connectivity index (χ1n) is 8.79. The number of anilines is 1. The molecule has 0 spiro atoms. The van der Waals surface area contributed by atoms with E-state index >= 15 is 0 Å². The molecular formula is C19H18Cl2N2O5S. The quantitative estimate of drug-likeness (QED) is 0.670. The van der Waals surface area contributed by atoms with E-state index in [1.165, 1.54) is 40.7 Å². The third kappa shape index (κ3) is 5.27. The lowest BCUT2D eigenvalue weighted by Crippen LogP contribution is -2.27. The summed E-state index contributed by atoms with van der Waals surface area (Å²) in [6.45, 7) is 0.493. The van der Waals surface area contributed by atoms with Crippen LogP contribution in [0, 0.1) is 0 Å². The third-order valence-corrected chi connectivity index (χ3v) is 6.98. The van der Waals surface area contributed by atoms with Gasteiger partial charge in [0, 0.05) is 18.8 Å². The summed E-state index contributed by atoms with van der Waals surface area (Å²) in [6, 6.07) is 10.0. The SMILES string of the molecule is O=C(COC(=O)c1ccc(S(=O)(=O)N2CCCC2)cc1)Nc1ccc(Cl)c(Cl)c1. The number of ether oxygens (including phenoxy) is 1. The Hall–Kier alpha value is -2.13. The molecule has 0 aliphatic carbocycles. The van der Waals surface area contributed by atoms with Gasteiger partial charge in [-0.05, 0) is 55.3 Å². The fraction of sp³-hybridized carbons (Fsp3) is 0.263. The van der Waals surface area contributed by atoms with E-state index in [4.69, 9.17) is 27.9 Å². The maximum absolute atomic E-state index is 12.5. The van der Waals surface area contributed by atoms with Crippen molar-refractivity contribution in [3.05, 3.63) is 58.1 Å². The monoisotopic (exact) mass is 456 g/mol. The number of benzene rings is 2. The van der Waals surface area contributed by atoms with Crippen LogP contribution in [-0.2, 0) is 19.6 Å². The summed E-state index contributed by atoms with van der Waals surface area (Å²) in [6.07, 6.45) is 1.68. The predicted octanol–water partition coefficient (Wildman–Crippen LogP) is 3.57. The number of rotatable bonds is 6. The average molecular weight is 457 g/mol. The lowest BCUT2D eigenvalue weighted by atomic mass is 10.2. The van der Waals surface area contributed by atoms with Gasteiger partial charge in [-0.2, -0.15) is 4.31 Å². The minimum absolute atomic E-state index is 0.119. The Morgan fingerprint density at radius 3 is 2.28 bits per heavy atom. The zero-order chi connectivity index (χ0) is 21.0. The van der Waals surface area contributed by atoms with E-state index in [9.17, 15) is 18.0 Å². The summed E-state index contributed by atoms with van der Waals surface area (Å²) in [4.78, 5) is 24.2. The molecule has 0 saturated carbocycles. The number of carbonyl (C=O) groups is 2. The van der Waals surface area contributed by atoms with Gasteiger partial charge in [-0.15, -0.1) is 0 Å². The Morgan fingerprint density at radius 2 is 1.66 bits per heavy atom. The standard InChI is InChI=1S/C19H18Cl2N2O5S/c20-16-8-5-14(11-17(16)21)22-18(24)12-28-19(25)13-3-6-15(7-4-13)29(26,27)23-9-1-2-10-23/h3-8,11H,1-2,9-10,12H2,(H,22,24). The molecule has 1 fully saturated rings. The largest absolute Gasteiger partial charge is 0.452 e. The number of amides is 1. The highest BCUT2D eigenvalue weighted by Crippen LogP contribution is 2.25. The molecule has 154 valence electrons. The van der Waals surface area contributed by atoms with E-state index in [0.717, 1.165) is 12.8 Å². The van der Waals surface area contributed by atoms with Crippen molar-refractivity contribution in [2.45, 2.75) is 17.7 Å². The second kappa shape index (κ2) is 9.13. The molecular weight excluding hydrogens is 439 g/mol.